The van der Waals surface area contributed by atoms with Gasteiger partial charge in [-0.2, -0.15) is 0 Å². The van der Waals surface area contributed by atoms with Crippen molar-refractivity contribution >= 4 is 55.4 Å². The van der Waals surface area contributed by atoms with Crippen LogP contribution in [0.3, 0.4) is 0 Å². The van der Waals surface area contributed by atoms with Crippen LogP contribution in [0.25, 0.3) is 0 Å². The van der Waals surface area contributed by atoms with E-state index in [1.54, 1.807) is 13.3 Å². The highest BCUT2D eigenvalue weighted by Crippen LogP contribution is 2.34. The zero-order valence-electron chi connectivity index (χ0n) is 16.5. The number of halogens is 2. The highest BCUT2D eigenvalue weighted by atomic mass is 79.9. The summed E-state index contributed by atoms with van der Waals surface area (Å²) in [7, 11) is 1.63. The number of carbonyl (C=O) groups excluding carboxylic acids is 1. The maximum Gasteiger partial charge on any atom is 0.262 e. The molecular formula is C23H20Br2N2O3. The fourth-order valence-electron chi connectivity index (χ4n) is 2.67. The van der Waals surface area contributed by atoms with E-state index in [1.807, 2.05) is 67.6 Å². The Morgan fingerprint density at radius 2 is 1.77 bits per heavy atom. The van der Waals surface area contributed by atoms with Gasteiger partial charge >= 0.3 is 0 Å². The van der Waals surface area contributed by atoms with Gasteiger partial charge in [-0.3, -0.25) is 9.79 Å². The van der Waals surface area contributed by atoms with E-state index in [2.05, 4.69) is 42.2 Å². The van der Waals surface area contributed by atoms with Crippen LogP contribution < -0.4 is 14.8 Å². The standard InChI is InChI=1S/C23H20Br2N2O3/c1-15-4-3-5-18(10-15)27-22(28)14-30-23-20(24)11-16(12-21(23)25)13-26-17-6-8-19(29-2)9-7-17/h3-13H,14H2,1-2H3,(H,27,28). The highest BCUT2D eigenvalue weighted by molar-refractivity contribution is 9.11. The molecule has 7 heteroatoms. The van der Waals surface area contributed by atoms with Crippen LogP contribution in [0.15, 0.2) is 74.6 Å². The number of nitrogens with zero attached hydrogens (tertiary/aromatic N) is 1. The van der Waals surface area contributed by atoms with Crippen LogP contribution >= 0.6 is 31.9 Å². The molecule has 0 unspecified atom stereocenters. The molecule has 0 atom stereocenters. The van der Waals surface area contributed by atoms with E-state index in [4.69, 9.17) is 9.47 Å². The van der Waals surface area contributed by atoms with Gasteiger partial charge in [0.1, 0.15) is 11.5 Å². The van der Waals surface area contributed by atoms with Crippen molar-refractivity contribution in [2.45, 2.75) is 6.92 Å². The molecule has 0 fully saturated rings. The van der Waals surface area contributed by atoms with Crippen molar-refractivity contribution in [2.75, 3.05) is 19.0 Å². The summed E-state index contributed by atoms with van der Waals surface area (Å²) in [6.45, 7) is 1.87. The van der Waals surface area contributed by atoms with Crippen LogP contribution in [0.4, 0.5) is 11.4 Å². The van der Waals surface area contributed by atoms with E-state index in [9.17, 15) is 4.79 Å². The lowest BCUT2D eigenvalue weighted by Crippen LogP contribution is -2.20. The number of methoxy groups -OCH3 is 1. The van der Waals surface area contributed by atoms with Gasteiger partial charge in [0.2, 0.25) is 0 Å². The summed E-state index contributed by atoms with van der Waals surface area (Å²) in [4.78, 5) is 16.7. The molecule has 5 nitrogen and oxygen atoms in total. The first-order chi connectivity index (χ1) is 14.4. The molecule has 1 N–H and O–H groups in total. The zero-order chi connectivity index (χ0) is 21.5. The molecule has 0 aliphatic rings. The van der Waals surface area contributed by atoms with Crippen LogP contribution in [0.2, 0.25) is 0 Å². The van der Waals surface area contributed by atoms with Gasteiger partial charge in [-0.25, -0.2) is 0 Å². The molecule has 0 saturated heterocycles. The fraction of sp³-hybridized carbons (Fsp3) is 0.130. The van der Waals surface area contributed by atoms with Crippen molar-refractivity contribution in [2.24, 2.45) is 4.99 Å². The van der Waals surface area contributed by atoms with Gasteiger partial charge in [0.25, 0.3) is 5.91 Å². The summed E-state index contributed by atoms with van der Waals surface area (Å²) < 4.78 is 12.3. The monoisotopic (exact) mass is 530 g/mol. The number of anilines is 1. The number of carbonyl (C=O) groups is 1. The van der Waals surface area contributed by atoms with Crippen LogP contribution in [-0.4, -0.2) is 25.8 Å². The third kappa shape index (κ3) is 6.18. The summed E-state index contributed by atoms with van der Waals surface area (Å²) in [5.74, 6) is 1.10. The Morgan fingerprint density at radius 3 is 2.40 bits per heavy atom. The van der Waals surface area contributed by atoms with Crippen molar-refractivity contribution < 1.29 is 14.3 Å². The molecule has 0 spiro atoms. The van der Waals surface area contributed by atoms with Crippen molar-refractivity contribution in [3.8, 4) is 11.5 Å². The van der Waals surface area contributed by atoms with Gasteiger partial charge in [-0.05, 0) is 98.4 Å². The first kappa shape index (κ1) is 22.1. The zero-order valence-corrected chi connectivity index (χ0v) is 19.7. The van der Waals surface area contributed by atoms with E-state index in [-0.39, 0.29) is 12.5 Å². The molecule has 0 aromatic heterocycles. The number of aryl methyl sites for hydroxylation is 1. The number of nitrogens with one attached hydrogen (secondary N) is 1. The minimum Gasteiger partial charge on any atom is -0.497 e. The van der Waals surface area contributed by atoms with Crippen molar-refractivity contribution in [3.05, 3.63) is 80.7 Å². The van der Waals surface area contributed by atoms with Crippen molar-refractivity contribution in [1.82, 2.24) is 0 Å². The Morgan fingerprint density at radius 1 is 1.07 bits per heavy atom. The fourth-order valence-corrected chi connectivity index (χ4v) is 4.12. The molecule has 154 valence electrons. The molecule has 3 aromatic rings. The number of ether oxygens (including phenoxy) is 2. The maximum absolute atomic E-state index is 12.2. The SMILES string of the molecule is COc1ccc(N=Cc2cc(Br)c(OCC(=O)Nc3cccc(C)c3)c(Br)c2)cc1. The molecule has 30 heavy (non-hydrogen) atoms. The first-order valence-corrected chi connectivity index (χ1v) is 10.7. The molecule has 1 amide bonds. The van der Waals surface area contributed by atoms with Crippen molar-refractivity contribution in [3.63, 3.8) is 0 Å². The Kier molecular flexibility index (Phi) is 7.65. The lowest BCUT2D eigenvalue weighted by Gasteiger charge is -2.12. The number of benzene rings is 3. The summed E-state index contributed by atoms with van der Waals surface area (Å²) >= 11 is 7.01. The quantitative estimate of drug-likeness (QED) is 0.364. The molecule has 3 rings (SSSR count). The first-order valence-electron chi connectivity index (χ1n) is 9.11. The van der Waals surface area contributed by atoms with Crippen LogP contribution in [-0.2, 0) is 4.79 Å². The van der Waals surface area contributed by atoms with E-state index in [0.29, 0.717) is 5.75 Å². The smallest absolute Gasteiger partial charge is 0.262 e. The molecule has 0 radical (unpaired) electrons. The number of amides is 1. The van der Waals surface area contributed by atoms with Gasteiger partial charge in [-0.1, -0.05) is 12.1 Å². The Balaban J connectivity index is 1.63. The molecule has 0 bridgehead atoms. The molecule has 3 aromatic carbocycles. The minimum atomic E-state index is -0.232. The van der Waals surface area contributed by atoms with E-state index in [0.717, 1.165) is 37.2 Å². The summed E-state index contributed by atoms with van der Waals surface area (Å²) in [5, 5.41) is 2.83. The Bertz CT molecular complexity index is 1040. The summed E-state index contributed by atoms with van der Waals surface area (Å²) in [6, 6.07) is 18.8. The second kappa shape index (κ2) is 10.4. The average Bonchev–Trinajstić information content (AvgIpc) is 2.72. The third-order valence-electron chi connectivity index (χ3n) is 4.11. The van der Waals surface area contributed by atoms with Gasteiger partial charge in [0.05, 0.1) is 21.7 Å². The van der Waals surface area contributed by atoms with Crippen LogP contribution in [0.1, 0.15) is 11.1 Å². The van der Waals surface area contributed by atoms with E-state index < -0.39 is 0 Å². The van der Waals surface area contributed by atoms with E-state index >= 15 is 0 Å². The largest absolute Gasteiger partial charge is 0.497 e. The molecule has 0 aliphatic carbocycles. The number of aliphatic imine (C=N–C) groups is 1. The lowest BCUT2D eigenvalue weighted by atomic mass is 10.2. The predicted octanol–water partition coefficient (Wildman–Crippen LogP) is 6.30. The summed E-state index contributed by atoms with van der Waals surface area (Å²) in [5.41, 5.74) is 3.51. The van der Waals surface area contributed by atoms with Gasteiger partial charge in [0.15, 0.2) is 6.61 Å². The number of hydrogen-bond acceptors (Lipinski definition) is 4. The normalized spacial score (nSPS) is 10.8. The second-order valence-electron chi connectivity index (χ2n) is 6.48. The lowest BCUT2D eigenvalue weighted by molar-refractivity contribution is -0.118. The Labute approximate surface area is 192 Å². The minimum absolute atomic E-state index is 0.107. The average molecular weight is 532 g/mol. The highest BCUT2D eigenvalue weighted by Gasteiger charge is 2.11. The maximum atomic E-state index is 12.2. The van der Waals surface area contributed by atoms with Crippen molar-refractivity contribution in [1.29, 1.82) is 0 Å². The topological polar surface area (TPSA) is 59.9 Å². The Hall–Kier alpha value is -2.64. The predicted molar refractivity (Wildman–Crippen MR) is 127 cm³/mol. The molecular weight excluding hydrogens is 512 g/mol. The molecule has 0 heterocycles. The van der Waals surface area contributed by atoms with Crippen LogP contribution in [0.5, 0.6) is 11.5 Å². The summed E-state index contributed by atoms with van der Waals surface area (Å²) in [6.07, 6.45) is 1.76. The number of rotatable bonds is 7. The van der Waals surface area contributed by atoms with Gasteiger partial charge in [-0.15, -0.1) is 0 Å². The molecule has 0 aliphatic heterocycles. The second-order valence-corrected chi connectivity index (χ2v) is 8.18. The van der Waals surface area contributed by atoms with Gasteiger partial charge < -0.3 is 14.8 Å². The number of hydrogen-bond donors (Lipinski definition) is 1. The van der Waals surface area contributed by atoms with Gasteiger partial charge in [0, 0.05) is 11.9 Å². The van der Waals surface area contributed by atoms with Crippen LogP contribution in [0, 0.1) is 6.92 Å². The molecule has 0 saturated carbocycles. The van der Waals surface area contributed by atoms with E-state index in [1.165, 1.54) is 0 Å². The third-order valence-corrected chi connectivity index (χ3v) is 5.28.